The molecule has 6 rings (SSSR count). The number of imidazole rings is 1. The molecule has 2 unspecified atom stereocenters. The molecule has 1 saturated heterocycles. The molecule has 2 fully saturated rings. The molecule has 6 nitrogen and oxygen atoms in total. The average Bonchev–Trinajstić information content (AvgIpc) is 3.21. The molecule has 0 bridgehead atoms. The summed E-state index contributed by atoms with van der Waals surface area (Å²) in [6, 6.07) is 16.1. The van der Waals surface area contributed by atoms with Crippen LogP contribution in [-0.2, 0) is 26.4 Å². The number of benzene rings is 2. The number of amides is 1. The third-order valence-electron chi connectivity index (χ3n) is 8.03. The summed E-state index contributed by atoms with van der Waals surface area (Å²) in [6.07, 6.45) is 4.93. The van der Waals surface area contributed by atoms with Crippen molar-refractivity contribution in [2.75, 3.05) is 26.2 Å². The second-order valence-electron chi connectivity index (χ2n) is 10.8. The van der Waals surface area contributed by atoms with E-state index < -0.39 is 5.60 Å². The first-order valence-corrected chi connectivity index (χ1v) is 12.8. The molecule has 7 heteroatoms. The van der Waals surface area contributed by atoms with E-state index in [0.29, 0.717) is 35.0 Å². The zero-order chi connectivity index (χ0) is 24.2. The number of halogens is 1. The number of carbonyl (C=O) groups excluding carboxylic acids is 1. The molecule has 1 N–H and O–H groups in total. The van der Waals surface area contributed by atoms with E-state index >= 15 is 0 Å². The van der Waals surface area contributed by atoms with Crippen molar-refractivity contribution < 1.29 is 9.90 Å². The van der Waals surface area contributed by atoms with Gasteiger partial charge >= 0.3 is 0 Å². The first-order chi connectivity index (χ1) is 16.9. The zero-order valence-corrected chi connectivity index (χ0v) is 20.7. The van der Waals surface area contributed by atoms with Crippen LogP contribution >= 0.6 is 11.6 Å². The number of aromatic nitrogens is 2. The van der Waals surface area contributed by atoms with E-state index in [4.69, 9.17) is 11.6 Å². The fourth-order valence-electron chi connectivity index (χ4n) is 6.35. The van der Waals surface area contributed by atoms with E-state index in [1.54, 1.807) is 17.1 Å². The maximum Gasteiger partial charge on any atom is 0.274 e. The Bertz CT molecular complexity index is 1220. The minimum atomic E-state index is -0.663. The molecule has 1 saturated carbocycles. The van der Waals surface area contributed by atoms with Gasteiger partial charge in [0.05, 0.1) is 11.9 Å². The number of aryl methyl sites for hydroxylation is 1. The van der Waals surface area contributed by atoms with Crippen LogP contribution in [-0.4, -0.2) is 62.1 Å². The lowest BCUT2D eigenvalue weighted by molar-refractivity contribution is 0.0142. The predicted molar refractivity (Wildman–Crippen MR) is 135 cm³/mol. The van der Waals surface area contributed by atoms with Gasteiger partial charge in [-0.25, -0.2) is 4.98 Å². The first kappa shape index (κ1) is 22.8. The van der Waals surface area contributed by atoms with Crippen molar-refractivity contribution in [1.82, 2.24) is 19.4 Å². The standard InChI is InChI=1S/C28H31ClN4O2/c1-31-16-26(30-18-31)27(34)33(12-19-5-4-8-22(29)9-19)15-25-23-13-32(14-24(23)25)17-28(35)10-20-6-2-3-7-21(20)11-28/h2-9,16,18,23-25,35H,10-15,17H2,1H3. The Balaban J connectivity index is 1.09. The fourth-order valence-corrected chi connectivity index (χ4v) is 6.57. The molecule has 2 aromatic carbocycles. The Kier molecular flexibility index (Phi) is 5.71. The van der Waals surface area contributed by atoms with Crippen LogP contribution in [0.5, 0.6) is 0 Å². The van der Waals surface area contributed by atoms with Crippen molar-refractivity contribution in [3.05, 3.63) is 88.5 Å². The van der Waals surface area contributed by atoms with Gasteiger partial charge in [-0.05, 0) is 46.6 Å². The number of rotatable bonds is 7. The third kappa shape index (κ3) is 4.63. The second-order valence-corrected chi connectivity index (χ2v) is 11.2. The maximum atomic E-state index is 13.3. The largest absolute Gasteiger partial charge is 0.388 e. The Morgan fingerprint density at radius 1 is 1.14 bits per heavy atom. The van der Waals surface area contributed by atoms with Gasteiger partial charge in [0, 0.05) is 63.8 Å². The Labute approximate surface area is 211 Å². The van der Waals surface area contributed by atoms with Gasteiger partial charge in [-0.15, -0.1) is 0 Å². The van der Waals surface area contributed by atoms with E-state index in [1.807, 2.05) is 36.2 Å². The molecule has 182 valence electrons. The van der Waals surface area contributed by atoms with Gasteiger partial charge in [-0.2, -0.15) is 0 Å². The molecule has 0 radical (unpaired) electrons. The molecule has 3 aliphatic rings. The number of piperidine rings is 1. The summed E-state index contributed by atoms with van der Waals surface area (Å²) in [4.78, 5) is 22.0. The minimum absolute atomic E-state index is 0.0366. The number of aliphatic hydroxyl groups is 1. The number of fused-ring (bicyclic) bond motifs is 2. The molecule has 2 atom stereocenters. The molecule has 3 aromatic rings. The number of β-amino-alcohol motifs (C(OH)–C–C–N with tert-alkyl or cyclic N) is 1. The quantitative estimate of drug-likeness (QED) is 0.551. The monoisotopic (exact) mass is 490 g/mol. The average molecular weight is 491 g/mol. The van der Waals surface area contributed by atoms with Gasteiger partial charge in [0.2, 0.25) is 0 Å². The summed E-state index contributed by atoms with van der Waals surface area (Å²) in [5.74, 6) is 1.63. The fraction of sp³-hybridized carbons (Fsp3) is 0.429. The van der Waals surface area contributed by atoms with E-state index in [1.165, 1.54) is 11.1 Å². The van der Waals surface area contributed by atoms with Gasteiger partial charge in [0.1, 0.15) is 5.69 Å². The van der Waals surface area contributed by atoms with Crippen LogP contribution < -0.4 is 0 Å². The highest BCUT2D eigenvalue weighted by Gasteiger charge is 2.57. The van der Waals surface area contributed by atoms with Gasteiger partial charge in [0.15, 0.2) is 0 Å². The lowest BCUT2D eigenvalue weighted by Crippen LogP contribution is -2.44. The van der Waals surface area contributed by atoms with Crippen molar-refractivity contribution in [1.29, 1.82) is 0 Å². The van der Waals surface area contributed by atoms with Crippen molar-refractivity contribution in [2.24, 2.45) is 24.8 Å². The normalized spacial score (nSPS) is 24.3. The Morgan fingerprint density at radius 3 is 2.49 bits per heavy atom. The second kappa shape index (κ2) is 8.77. The van der Waals surface area contributed by atoms with E-state index in [2.05, 4.69) is 34.1 Å². The molecule has 0 spiro atoms. The van der Waals surface area contributed by atoms with Crippen LogP contribution in [0.3, 0.4) is 0 Å². The highest BCUT2D eigenvalue weighted by Crippen LogP contribution is 2.52. The van der Waals surface area contributed by atoms with Crippen molar-refractivity contribution >= 4 is 17.5 Å². The molecular formula is C28H31ClN4O2. The van der Waals surface area contributed by atoms with Crippen LogP contribution in [0.15, 0.2) is 61.1 Å². The molecule has 2 aliphatic carbocycles. The third-order valence-corrected chi connectivity index (χ3v) is 8.26. The molecule has 1 aliphatic heterocycles. The summed E-state index contributed by atoms with van der Waals surface area (Å²) in [6.45, 7) is 3.96. The highest BCUT2D eigenvalue weighted by atomic mass is 35.5. The molecule has 2 heterocycles. The molecule has 1 amide bonds. The summed E-state index contributed by atoms with van der Waals surface area (Å²) >= 11 is 6.21. The number of hydrogen-bond acceptors (Lipinski definition) is 4. The smallest absolute Gasteiger partial charge is 0.274 e. The number of nitrogens with zero attached hydrogens (tertiary/aromatic N) is 4. The van der Waals surface area contributed by atoms with Gasteiger partial charge in [-0.3, -0.25) is 9.69 Å². The Morgan fingerprint density at radius 2 is 1.86 bits per heavy atom. The van der Waals surface area contributed by atoms with Crippen molar-refractivity contribution in [3.63, 3.8) is 0 Å². The van der Waals surface area contributed by atoms with Gasteiger partial charge in [0.25, 0.3) is 5.91 Å². The first-order valence-electron chi connectivity index (χ1n) is 12.4. The minimum Gasteiger partial charge on any atom is -0.388 e. The van der Waals surface area contributed by atoms with Crippen LogP contribution in [0.25, 0.3) is 0 Å². The van der Waals surface area contributed by atoms with Gasteiger partial charge < -0.3 is 14.6 Å². The van der Waals surface area contributed by atoms with Gasteiger partial charge in [-0.1, -0.05) is 48.0 Å². The molecule has 35 heavy (non-hydrogen) atoms. The zero-order valence-electron chi connectivity index (χ0n) is 20.0. The maximum absolute atomic E-state index is 13.3. The summed E-state index contributed by atoms with van der Waals surface area (Å²) in [5.41, 5.74) is 3.40. The number of likely N-dealkylation sites (tertiary alicyclic amines) is 1. The summed E-state index contributed by atoms with van der Waals surface area (Å²) in [5, 5.41) is 11.9. The van der Waals surface area contributed by atoms with E-state index in [0.717, 1.165) is 44.6 Å². The van der Waals surface area contributed by atoms with Crippen LogP contribution in [0.2, 0.25) is 5.02 Å². The van der Waals surface area contributed by atoms with Crippen LogP contribution in [0.1, 0.15) is 27.2 Å². The summed E-state index contributed by atoms with van der Waals surface area (Å²) < 4.78 is 1.81. The van der Waals surface area contributed by atoms with Crippen molar-refractivity contribution in [2.45, 2.75) is 25.0 Å². The Hall–Kier alpha value is -2.67. The summed E-state index contributed by atoms with van der Waals surface area (Å²) in [7, 11) is 1.88. The number of carbonyl (C=O) groups is 1. The SMILES string of the molecule is Cn1cnc(C(=O)N(Cc2cccc(Cl)c2)CC2C3CN(CC4(O)Cc5ccccc5C4)CC32)c1. The van der Waals surface area contributed by atoms with E-state index in [-0.39, 0.29) is 5.91 Å². The topological polar surface area (TPSA) is 61.6 Å². The number of hydrogen-bond donors (Lipinski definition) is 1. The van der Waals surface area contributed by atoms with E-state index in [9.17, 15) is 9.90 Å². The molecule has 1 aromatic heterocycles. The van der Waals surface area contributed by atoms with Crippen molar-refractivity contribution in [3.8, 4) is 0 Å². The highest BCUT2D eigenvalue weighted by molar-refractivity contribution is 6.30. The molecular weight excluding hydrogens is 460 g/mol. The van der Waals surface area contributed by atoms with Crippen LogP contribution in [0.4, 0.5) is 0 Å². The lowest BCUT2D eigenvalue weighted by atomic mass is 9.99. The lowest BCUT2D eigenvalue weighted by Gasteiger charge is -2.30. The predicted octanol–water partition coefficient (Wildman–Crippen LogP) is 3.42. The van der Waals surface area contributed by atoms with Crippen LogP contribution in [0, 0.1) is 17.8 Å².